The highest BCUT2D eigenvalue weighted by atomic mass is 16.5. The molecular formula is C16H24N2O2. The lowest BCUT2D eigenvalue weighted by Gasteiger charge is -2.27. The summed E-state index contributed by atoms with van der Waals surface area (Å²) in [5, 5.41) is 12.1. The summed E-state index contributed by atoms with van der Waals surface area (Å²) < 4.78 is 10.6. The van der Waals surface area contributed by atoms with Crippen molar-refractivity contribution in [1.82, 2.24) is 5.32 Å². The van der Waals surface area contributed by atoms with E-state index in [0.717, 1.165) is 18.0 Å². The zero-order valence-electron chi connectivity index (χ0n) is 13.0. The Kier molecular flexibility index (Phi) is 5.84. The minimum Gasteiger partial charge on any atom is -0.493 e. The molecule has 4 heteroatoms. The van der Waals surface area contributed by atoms with Crippen molar-refractivity contribution in [3.63, 3.8) is 0 Å². The fourth-order valence-electron chi connectivity index (χ4n) is 2.01. The third kappa shape index (κ3) is 4.14. The maximum Gasteiger partial charge on any atom is 0.161 e. The molecule has 0 radical (unpaired) electrons. The second-order valence-electron chi connectivity index (χ2n) is 5.61. The molecule has 0 fully saturated rings. The first-order valence-electron chi connectivity index (χ1n) is 6.77. The SMILES string of the molecule is COc1ccc(C(C)(C)CNC[C@H](C)C#N)cc1OC. The summed E-state index contributed by atoms with van der Waals surface area (Å²) in [6, 6.07) is 8.21. The van der Waals surface area contributed by atoms with Crippen LogP contribution in [0.2, 0.25) is 0 Å². The zero-order chi connectivity index (χ0) is 15.2. The molecule has 1 atom stereocenters. The van der Waals surface area contributed by atoms with Crippen molar-refractivity contribution in [2.45, 2.75) is 26.2 Å². The number of methoxy groups -OCH3 is 2. The highest BCUT2D eigenvalue weighted by molar-refractivity contribution is 5.45. The number of benzene rings is 1. The van der Waals surface area contributed by atoms with Crippen molar-refractivity contribution in [1.29, 1.82) is 5.26 Å². The molecule has 0 aliphatic heterocycles. The second-order valence-corrected chi connectivity index (χ2v) is 5.61. The lowest BCUT2D eigenvalue weighted by Crippen LogP contribution is -2.35. The number of hydrogen-bond donors (Lipinski definition) is 1. The van der Waals surface area contributed by atoms with Gasteiger partial charge in [0.25, 0.3) is 0 Å². The van der Waals surface area contributed by atoms with Crippen LogP contribution in [0.1, 0.15) is 26.3 Å². The van der Waals surface area contributed by atoms with Crippen LogP contribution in [-0.2, 0) is 5.41 Å². The molecule has 0 unspecified atom stereocenters. The number of rotatable bonds is 7. The van der Waals surface area contributed by atoms with E-state index < -0.39 is 0 Å². The quantitative estimate of drug-likeness (QED) is 0.832. The maximum atomic E-state index is 8.79. The van der Waals surface area contributed by atoms with E-state index in [0.29, 0.717) is 6.54 Å². The monoisotopic (exact) mass is 276 g/mol. The predicted molar refractivity (Wildman–Crippen MR) is 80.2 cm³/mol. The van der Waals surface area contributed by atoms with Gasteiger partial charge in [-0.2, -0.15) is 5.26 Å². The molecule has 1 aromatic carbocycles. The van der Waals surface area contributed by atoms with Gasteiger partial charge >= 0.3 is 0 Å². The van der Waals surface area contributed by atoms with Crippen molar-refractivity contribution in [3.8, 4) is 17.6 Å². The zero-order valence-corrected chi connectivity index (χ0v) is 13.0. The second kappa shape index (κ2) is 7.16. The van der Waals surface area contributed by atoms with Gasteiger partial charge in [-0.1, -0.05) is 19.9 Å². The molecule has 1 aromatic rings. The Bertz CT molecular complexity index is 478. The number of hydrogen-bond acceptors (Lipinski definition) is 4. The third-order valence-corrected chi connectivity index (χ3v) is 3.40. The van der Waals surface area contributed by atoms with Crippen LogP contribution in [0.4, 0.5) is 0 Å². The minimum atomic E-state index is -0.0469. The van der Waals surface area contributed by atoms with Crippen LogP contribution in [0.25, 0.3) is 0 Å². The molecule has 1 rings (SSSR count). The molecule has 0 spiro atoms. The first-order valence-corrected chi connectivity index (χ1v) is 6.77. The van der Waals surface area contributed by atoms with Gasteiger partial charge in [-0.05, 0) is 24.6 Å². The van der Waals surface area contributed by atoms with Crippen molar-refractivity contribution in [2.75, 3.05) is 27.3 Å². The highest BCUT2D eigenvalue weighted by Crippen LogP contribution is 2.32. The van der Waals surface area contributed by atoms with Crippen LogP contribution >= 0.6 is 0 Å². The van der Waals surface area contributed by atoms with Gasteiger partial charge in [0, 0.05) is 18.5 Å². The molecule has 0 aliphatic carbocycles. The summed E-state index contributed by atoms with van der Waals surface area (Å²) >= 11 is 0. The van der Waals surface area contributed by atoms with Gasteiger partial charge in [0.05, 0.1) is 26.2 Å². The van der Waals surface area contributed by atoms with Crippen molar-refractivity contribution in [3.05, 3.63) is 23.8 Å². The molecule has 110 valence electrons. The van der Waals surface area contributed by atoms with E-state index in [9.17, 15) is 0 Å². The van der Waals surface area contributed by atoms with E-state index >= 15 is 0 Å². The predicted octanol–water partition coefficient (Wildman–Crippen LogP) is 2.73. The summed E-state index contributed by atoms with van der Waals surface area (Å²) in [5.41, 5.74) is 1.13. The Morgan fingerprint density at radius 3 is 2.45 bits per heavy atom. The van der Waals surface area contributed by atoms with Gasteiger partial charge < -0.3 is 14.8 Å². The summed E-state index contributed by atoms with van der Waals surface area (Å²) in [6.45, 7) is 7.74. The average molecular weight is 276 g/mol. The van der Waals surface area contributed by atoms with E-state index in [-0.39, 0.29) is 11.3 Å². The minimum absolute atomic E-state index is 0.0243. The maximum absolute atomic E-state index is 8.79. The number of nitrogens with one attached hydrogen (secondary N) is 1. The van der Waals surface area contributed by atoms with Gasteiger partial charge in [-0.3, -0.25) is 0 Å². The smallest absolute Gasteiger partial charge is 0.161 e. The van der Waals surface area contributed by atoms with Gasteiger partial charge in [-0.15, -0.1) is 0 Å². The van der Waals surface area contributed by atoms with Crippen molar-refractivity contribution >= 4 is 0 Å². The highest BCUT2D eigenvalue weighted by Gasteiger charge is 2.22. The van der Waals surface area contributed by atoms with Gasteiger partial charge in [0.1, 0.15) is 0 Å². The molecule has 0 saturated heterocycles. The Balaban J connectivity index is 2.79. The van der Waals surface area contributed by atoms with Crippen LogP contribution in [0.5, 0.6) is 11.5 Å². The normalized spacial score (nSPS) is 12.6. The van der Waals surface area contributed by atoms with Crippen LogP contribution in [0, 0.1) is 17.2 Å². The molecule has 4 nitrogen and oxygen atoms in total. The lowest BCUT2D eigenvalue weighted by atomic mass is 9.84. The number of nitriles is 1. The topological polar surface area (TPSA) is 54.3 Å². The van der Waals surface area contributed by atoms with E-state index in [1.54, 1.807) is 14.2 Å². The van der Waals surface area contributed by atoms with Crippen LogP contribution < -0.4 is 14.8 Å². The Labute approximate surface area is 121 Å². The molecule has 20 heavy (non-hydrogen) atoms. The van der Waals surface area contributed by atoms with E-state index in [4.69, 9.17) is 14.7 Å². The van der Waals surface area contributed by atoms with Crippen LogP contribution in [0.3, 0.4) is 0 Å². The fourth-order valence-corrected chi connectivity index (χ4v) is 2.01. The molecular weight excluding hydrogens is 252 g/mol. The average Bonchev–Trinajstić information content (AvgIpc) is 2.45. The molecule has 0 bridgehead atoms. The Morgan fingerprint density at radius 2 is 1.90 bits per heavy atom. The molecule has 0 saturated carbocycles. The standard InChI is InChI=1S/C16H24N2O2/c1-12(9-17)10-18-11-16(2,3)13-6-7-14(19-4)15(8-13)20-5/h6-8,12,18H,10-11H2,1-5H3/t12-/m1/s1. The van der Waals surface area contributed by atoms with Gasteiger partial charge in [0.2, 0.25) is 0 Å². The van der Waals surface area contributed by atoms with E-state index in [1.807, 2.05) is 19.1 Å². The van der Waals surface area contributed by atoms with Crippen LogP contribution in [0.15, 0.2) is 18.2 Å². The Hall–Kier alpha value is -1.73. The molecule has 0 amide bonds. The summed E-state index contributed by atoms with van der Waals surface area (Å²) in [7, 11) is 3.27. The summed E-state index contributed by atoms with van der Waals surface area (Å²) in [5.74, 6) is 1.50. The van der Waals surface area contributed by atoms with Crippen molar-refractivity contribution in [2.24, 2.45) is 5.92 Å². The van der Waals surface area contributed by atoms with Crippen LogP contribution in [-0.4, -0.2) is 27.3 Å². The largest absolute Gasteiger partial charge is 0.493 e. The number of ether oxygens (including phenoxy) is 2. The first-order chi connectivity index (χ1) is 9.44. The third-order valence-electron chi connectivity index (χ3n) is 3.40. The summed E-state index contributed by atoms with van der Waals surface area (Å²) in [4.78, 5) is 0. The molecule has 0 heterocycles. The Morgan fingerprint density at radius 1 is 1.25 bits per heavy atom. The molecule has 0 aromatic heterocycles. The summed E-state index contributed by atoms with van der Waals surface area (Å²) in [6.07, 6.45) is 0. The fraction of sp³-hybridized carbons (Fsp3) is 0.562. The van der Waals surface area contributed by atoms with Gasteiger partial charge in [0.15, 0.2) is 11.5 Å². The molecule has 0 aliphatic rings. The number of nitrogens with zero attached hydrogens (tertiary/aromatic N) is 1. The lowest BCUT2D eigenvalue weighted by molar-refractivity contribution is 0.352. The van der Waals surface area contributed by atoms with Crippen molar-refractivity contribution < 1.29 is 9.47 Å². The van der Waals surface area contributed by atoms with E-state index in [2.05, 4.69) is 31.3 Å². The van der Waals surface area contributed by atoms with Gasteiger partial charge in [-0.25, -0.2) is 0 Å². The van der Waals surface area contributed by atoms with E-state index in [1.165, 1.54) is 5.56 Å². The molecule has 1 N–H and O–H groups in total. The first kappa shape index (κ1) is 16.3.